The monoisotopic (exact) mass is 460 g/mol. The van der Waals surface area contributed by atoms with Crippen LogP contribution in [-0.2, 0) is 11.3 Å². The molecule has 1 heterocycles. The van der Waals surface area contributed by atoms with Crippen molar-refractivity contribution in [3.63, 3.8) is 0 Å². The van der Waals surface area contributed by atoms with Gasteiger partial charge < -0.3 is 9.47 Å². The molecule has 33 heavy (non-hydrogen) atoms. The van der Waals surface area contributed by atoms with Crippen molar-refractivity contribution < 1.29 is 23.0 Å². The van der Waals surface area contributed by atoms with Crippen LogP contribution < -0.4 is 21.4 Å². The van der Waals surface area contributed by atoms with Crippen LogP contribution in [0.2, 0.25) is 0 Å². The summed E-state index contributed by atoms with van der Waals surface area (Å²) in [4.78, 5) is 12.2. The van der Waals surface area contributed by atoms with Gasteiger partial charge in [-0.05, 0) is 30.7 Å². The van der Waals surface area contributed by atoms with Crippen LogP contribution in [0.4, 0.5) is 19.3 Å². The molecule has 2 aromatic rings. The standard InChI is InChI=1S/C22H26F2N6O3/c1-4-19(28-27-17-10-11-32-21-16(24)9-8-15(23)20(17)21)33-12-14-13(2)6-5-7-18(14)30(26)22(31)29(3)25/h5-9H,4,10-12,25-26H2,1-3H3/b27-17?,28-19-. The molecular formula is C22H26F2N6O3. The van der Waals surface area contributed by atoms with E-state index in [0.29, 0.717) is 17.7 Å². The Morgan fingerprint density at radius 1 is 1.21 bits per heavy atom. The minimum Gasteiger partial charge on any atom is -0.489 e. The second kappa shape index (κ2) is 10.4. The Bertz CT molecular complexity index is 1100. The van der Waals surface area contributed by atoms with Crippen LogP contribution >= 0.6 is 0 Å². The molecule has 0 bridgehead atoms. The maximum atomic E-state index is 14.3. The van der Waals surface area contributed by atoms with E-state index in [1.54, 1.807) is 12.1 Å². The molecule has 0 saturated carbocycles. The highest BCUT2D eigenvalue weighted by molar-refractivity contribution is 6.04. The second-order valence-corrected chi connectivity index (χ2v) is 7.35. The number of nitrogens with zero attached hydrogens (tertiary/aromatic N) is 4. The molecular weight excluding hydrogens is 434 g/mol. The molecule has 2 aromatic carbocycles. The minimum atomic E-state index is -0.661. The third-order valence-corrected chi connectivity index (χ3v) is 5.05. The first kappa shape index (κ1) is 24.1. The van der Waals surface area contributed by atoms with Crippen LogP contribution in [0, 0.1) is 18.6 Å². The highest BCUT2D eigenvalue weighted by atomic mass is 19.1. The summed E-state index contributed by atoms with van der Waals surface area (Å²) in [7, 11) is 1.39. The molecule has 0 spiro atoms. The van der Waals surface area contributed by atoms with Crippen LogP contribution in [0.3, 0.4) is 0 Å². The lowest BCUT2D eigenvalue weighted by Gasteiger charge is -2.24. The number of halogens is 2. The zero-order chi connectivity index (χ0) is 24.1. The first-order valence-corrected chi connectivity index (χ1v) is 10.3. The van der Waals surface area contributed by atoms with E-state index in [4.69, 9.17) is 21.2 Å². The summed E-state index contributed by atoms with van der Waals surface area (Å²) in [6, 6.07) is 6.71. The predicted octanol–water partition coefficient (Wildman–Crippen LogP) is 3.39. The average Bonchev–Trinajstić information content (AvgIpc) is 2.81. The Kier molecular flexibility index (Phi) is 7.56. The first-order valence-electron chi connectivity index (χ1n) is 10.3. The van der Waals surface area contributed by atoms with Gasteiger partial charge in [-0.3, -0.25) is 5.01 Å². The summed E-state index contributed by atoms with van der Waals surface area (Å²) >= 11 is 0. The quantitative estimate of drug-likeness (QED) is 0.233. The second-order valence-electron chi connectivity index (χ2n) is 7.35. The summed E-state index contributed by atoms with van der Waals surface area (Å²) in [6.45, 7) is 3.88. The molecule has 0 fully saturated rings. The van der Waals surface area contributed by atoms with E-state index in [9.17, 15) is 13.6 Å². The van der Waals surface area contributed by atoms with Gasteiger partial charge in [0.15, 0.2) is 11.6 Å². The summed E-state index contributed by atoms with van der Waals surface area (Å²) in [6.07, 6.45) is 0.663. The molecule has 0 aromatic heterocycles. The number of hydrazine groups is 2. The largest absolute Gasteiger partial charge is 0.489 e. The third-order valence-electron chi connectivity index (χ3n) is 5.05. The van der Waals surface area contributed by atoms with Gasteiger partial charge >= 0.3 is 6.03 Å². The number of benzene rings is 2. The van der Waals surface area contributed by atoms with Gasteiger partial charge in [0.05, 0.1) is 23.6 Å². The van der Waals surface area contributed by atoms with Crippen LogP contribution in [0.1, 0.15) is 36.5 Å². The number of carbonyl (C=O) groups excluding carboxylic acids is 1. The average molecular weight is 460 g/mol. The topological polar surface area (TPSA) is 119 Å². The Hall–Kier alpha value is -3.57. The van der Waals surface area contributed by atoms with E-state index in [2.05, 4.69) is 10.2 Å². The third kappa shape index (κ3) is 5.26. The summed E-state index contributed by atoms with van der Waals surface area (Å²) < 4.78 is 39.4. The number of amides is 2. The van der Waals surface area contributed by atoms with Crippen LogP contribution in [0.5, 0.6) is 5.75 Å². The van der Waals surface area contributed by atoms with E-state index < -0.39 is 17.7 Å². The van der Waals surface area contributed by atoms with Crippen LogP contribution in [-0.4, -0.2) is 36.3 Å². The molecule has 0 unspecified atom stereocenters. The van der Waals surface area contributed by atoms with Gasteiger partial charge in [-0.1, -0.05) is 19.1 Å². The number of carbonyl (C=O) groups is 1. The van der Waals surface area contributed by atoms with Gasteiger partial charge in [-0.15, -0.1) is 5.10 Å². The fourth-order valence-corrected chi connectivity index (χ4v) is 3.26. The number of anilines is 1. The van der Waals surface area contributed by atoms with Gasteiger partial charge in [0.1, 0.15) is 12.4 Å². The minimum absolute atomic E-state index is 0.0372. The van der Waals surface area contributed by atoms with Gasteiger partial charge in [0.25, 0.3) is 0 Å². The van der Waals surface area contributed by atoms with Crippen LogP contribution in [0.15, 0.2) is 40.5 Å². The molecule has 0 saturated heterocycles. The summed E-state index contributed by atoms with van der Waals surface area (Å²) in [5.41, 5.74) is 2.16. The van der Waals surface area contributed by atoms with Gasteiger partial charge in [0, 0.05) is 25.5 Å². The molecule has 11 heteroatoms. The molecule has 1 aliphatic heterocycles. The van der Waals surface area contributed by atoms with Crippen LogP contribution in [0.25, 0.3) is 0 Å². The molecule has 4 N–H and O–H groups in total. The number of fused-ring (bicyclic) bond motifs is 1. The number of urea groups is 1. The van der Waals surface area contributed by atoms with Crippen molar-refractivity contribution in [2.24, 2.45) is 21.9 Å². The maximum Gasteiger partial charge on any atom is 0.352 e. The van der Waals surface area contributed by atoms with Crippen molar-refractivity contribution >= 4 is 23.3 Å². The fourth-order valence-electron chi connectivity index (χ4n) is 3.26. The van der Waals surface area contributed by atoms with Gasteiger partial charge in [0.2, 0.25) is 5.90 Å². The van der Waals surface area contributed by atoms with Crippen molar-refractivity contribution in [2.45, 2.75) is 33.3 Å². The molecule has 2 amide bonds. The van der Waals surface area contributed by atoms with Crippen molar-refractivity contribution in [1.29, 1.82) is 0 Å². The smallest absolute Gasteiger partial charge is 0.352 e. The van der Waals surface area contributed by atoms with E-state index in [0.717, 1.165) is 27.7 Å². The number of aryl methyl sites for hydroxylation is 1. The van der Waals surface area contributed by atoms with E-state index in [1.165, 1.54) is 7.05 Å². The molecule has 0 atom stereocenters. The number of hydrogen-bond acceptors (Lipinski definition) is 7. The predicted molar refractivity (Wildman–Crippen MR) is 121 cm³/mol. The Morgan fingerprint density at radius 2 is 1.94 bits per heavy atom. The first-order chi connectivity index (χ1) is 15.7. The van der Waals surface area contributed by atoms with E-state index >= 15 is 0 Å². The van der Waals surface area contributed by atoms with Crippen molar-refractivity contribution in [3.8, 4) is 5.75 Å². The maximum absolute atomic E-state index is 14.3. The summed E-state index contributed by atoms with van der Waals surface area (Å²) in [5.74, 6) is 10.3. The Balaban J connectivity index is 1.85. The molecule has 3 rings (SSSR count). The normalized spacial score (nSPS) is 14.5. The van der Waals surface area contributed by atoms with E-state index in [1.807, 2.05) is 19.9 Å². The summed E-state index contributed by atoms with van der Waals surface area (Å²) in [5, 5.41) is 10.0. The number of ether oxygens (including phenoxy) is 2. The molecule has 0 radical (unpaired) electrons. The molecule has 0 aliphatic carbocycles. The highest BCUT2D eigenvalue weighted by Crippen LogP contribution is 2.30. The number of rotatable bonds is 5. The number of nitrogens with two attached hydrogens (primary N) is 2. The lowest BCUT2D eigenvalue weighted by molar-refractivity contribution is 0.216. The SMILES string of the molecule is CC/C(=N/N=C1CCOc2c(F)ccc(F)c21)OCc1c(C)cccc1N(N)C(=O)N(C)N. The zero-order valence-corrected chi connectivity index (χ0v) is 18.6. The van der Waals surface area contributed by atoms with Gasteiger partial charge in [-0.2, -0.15) is 5.10 Å². The van der Waals surface area contributed by atoms with Crippen molar-refractivity contribution in [2.75, 3.05) is 18.7 Å². The fraction of sp³-hybridized carbons (Fsp3) is 0.318. The molecule has 1 aliphatic rings. The molecule has 176 valence electrons. The van der Waals surface area contributed by atoms with Crippen molar-refractivity contribution in [1.82, 2.24) is 5.01 Å². The van der Waals surface area contributed by atoms with Gasteiger partial charge in [-0.25, -0.2) is 30.3 Å². The highest BCUT2D eigenvalue weighted by Gasteiger charge is 2.25. The number of hydrogen-bond donors (Lipinski definition) is 2. The lowest BCUT2D eigenvalue weighted by Crippen LogP contribution is -2.49. The van der Waals surface area contributed by atoms with Crippen molar-refractivity contribution in [3.05, 3.63) is 58.7 Å². The van der Waals surface area contributed by atoms with E-state index in [-0.39, 0.29) is 42.6 Å². The Labute approximate surface area is 190 Å². The molecule has 9 nitrogen and oxygen atoms in total. The zero-order valence-electron chi connectivity index (χ0n) is 18.6. The lowest BCUT2D eigenvalue weighted by atomic mass is 10.0. The Morgan fingerprint density at radius 3 is 2.64 bits per heavy atom.